The number of hydrogen-bond donors (Lipinski definition) is 0. The summed E-state index contributed by atoms with van der Waals surface area (Å²) in [6.45, 7) is 6.97. The molecule has 1 heterocycles. The summed E-state index contributed by atoms with van der Waals surface area (Å²) >= 11 is 0. The zero-order chi connectivity index (χ0) is 10.6. The quantitative estimate of drug-likeness (QED) is 0.670. The lowest BCUT2D eigenvalue weighted by Gasteiger charge is -2.38. The predicted octanol–water partition coefficient (Wildman–Crippen LogP) is 1.17. The fraction of sp³-hybridized carbons (Fsp3) is 0.900. The van der Waals surface area contributed by atoms with Gasteiger partial charge in [-0.2, -0.15) is 0 Å². The molecule has 0 aromatic heterocycles. The van der Waals surface area contributed by atoms with Crippen LogP contribution < -0.4 is 0 Å². The molecule has 0 aliphatic carbocycles. The first-order valence-electron chi connectivity index (χ1n) is 5.31. The van der Waals surface area contributed by atoms with E-state index in [1.807, 2.05) is 6.92 Å². The van der Waals surface area contributed by atoms with Crippen LogP contribution in [0.2, 0.25) is 0 Å². The van der Waals surface area contributed by atoms with Crippen LogP contribution >= 0.6 is 0 Å². The van der Waals surface area contributed by atoms with E-state index in [2.05, 4.69) is 18.9 Å². The highest BCUT2D eigenvalue weighted by Gasteiger charge is 2.26. The lowest BCUT2D eigenvalue weighted by molar-refractivity contribution is 0.0621. The molecular formula is C10H20N2O2. The minimum atomic E-state index is -0.168. The lowest BCUT2D eigenvalue weighted by Crippen LogP contribution is -2.53. The summed E-state index contributed by atoms with van der Waals surface area (Å²) in [6.07, 6.45) is 0.908. The number of likely N-dealkylation sites (N-methyl/N-ethyl adjacent to an activating group) is 1. The Morgan fingerprint density at radius 3 is 2.71 bits per heavy atom. The van der Waals surface area contributed by atoms with E-state index in [0.717, 1.165) is 26.1 Å². The number of nitrogens with zero attached hydrogens (tertiary/aromatic N) is 2. The van der Waals surface area contributed by atoms with Gasteiger partial charge in [-0.05, 0) is 20.4 Å². The fourth-order valence-electron chi connectivity index (χ4n) is 1.77. The number of carbonyl (C=O) groups is 1. The Morgan fingerprint density at radius 2 is 2.14 bits per heavy atom. The number of rotatable bonds is 2. The maximum Gasteiger partial charge on any atom is 0.409 e. The Labute approximate surface area is 85.8 Å². The van der Waals surface area contributed by atoms with Crippen molar-refractivity contribution in [3.8, 4) is 0 Å². The Hall–Kier alpha value is -0.770. The maximum absolute atomic E-state index is 11.5. The van der Waals surface area contributed by atoms with Crippen molar-refractivity contribution in [1.82, 2.24) is 9.80 Å². The standard InChI is InChI=1S/C10H20N2O2/c1-4-9-8-12(7-6-11(9)3)10(13)14-5-2/h9H,4-8H2,1-3H3. The van der Waals surface area contributed by atoms with Crippen LogP contribution in [0.3, 0.4) is 0 Å². The maximum atomic E-state index is 11.5. The lowest BCUT2D eigenvalue weighted by atomic mass is 10.1. The molecule has 0 aromatic rings. The molecule has 1 fully saturated rings. The van der Waals surface area contributed by atoms with E-state index >= 15 is 0 Å². The van der Waals surface area contributed by atoms with Crippen LogP contribution in [0, 0.1) is 0 Å². The van der Waals surface area contributed by atoms with Crippen molar-refractivity contribution in [3.63, 3.8) is 0 Å². The zero-order valence-electron chi connectivity index (χ0n) is 9.32. The van der Waals surface area contributed by atoms with E-state index in [4.69, 9.17) is 4.74 Å². The van der Waals surface area contributed by atoms with E-state index in [9.17, 15) is 4.79 Å². The fourth-order valence-corrected chi connectivity index (χ4v) is 1.77. The minimum absolute atomic E-state index is 0.168. The van der Waals surface area contributed by atoms with Crippen LogP contribution in [0.5, 0.6) is 0 Å². The Balaban J connectivity index is 2.45. The number of ether oxygens (including phenoxy) is 1. The van der Waals surface area contributed by atoms with E-state index in [1.165, 1.54) is 0 Å². The summed E-state index contributed by atoms with van der Waals surface area (Å²) < 4.78 is 4.98. The minimum Gasteiger partial charge on any atom is -0.450 e. The van der Waals surface area contributed by atoms with Crippen LogP contribution in [0.25, 0.3) is 0 Å². The highest BCUT2D eigenvalue weighted by Crippen LogP contribution is 2.11. The summed E-state index contributed by atoms with van der Waals surface area (Å²) in [7, 11) is 2.11. The average Bonchev–Trinajstić information content (AvgIpc) is 2.19. The highest BCUT2D eigenvalue weighted by molar-refractivity contribution is 5.67. The van der Waals surface area contributed by atoms with E-state index < -0.39 is 0 Å². The molecule has 1 saturated heterocycles. The van der Waals surface area contributed by atoms with Crippen LogP contribution in [0.4, 0.5) is 4.79 Å². The van der Waals surface area contributed by atoms with Gasteiger partial charge in [0.2, 0.25) is 0 Å². The zero-order valence-corrected chi connectivity index (χ0v) is 9.32. The Bertz CT molecular complexity index is 197. The summed E-state index contributed by atoms with van der Waals surface area (Å²) in [5.74, 6) is 0. The molecule has 0 bridgehead atoms. The molecule has 1 aliphatic rings. The van der Waals surface area contributed by atoms with Gasteiger partial charge < -0.3 is 9.64 Å². The molecule has 82 valence electrons. The molecule has 0 spiro atoms. The van der Waals surface area contributed by atoms with Crippen molar-refractivity contribution in [3.05, 3.63) is 0 Å². The molecule has 1 atom stereocenters. The van der Waals surface area contributed by atoms with Gasteiger partial charge in [0.05, 0.1) is 6.61 Å². The number of carbonyl (C=O) groups excluding carboxylic acids is 1. The van der Waals surface area contributed by atoms with Gasteiger partial charge in [0, 0.05) is 25.7 Å². The smallest absolute Gasteiger partial charge is 0.409 e. The molecule has 1 unspecified atom stereocenters. The molecule has 1 rings (SSSR count). The first kappa shape index (κ1) is 11.3. The third kappa shape index (κ3) is 2.61. The molecule has 1 aliphatic heterocycles. The molecule has 0 N–H and O–H groups in total. The molecule has 1 amide bonds. The summed E-state index contributed by atoms with van der Waals surface area (Å²) in [5.41, 5.74) is 0. The van der Waals surface area contributed by atoms with Gasteiger partial charge in [-0.15, -0.1) is 0 Å². The first-order chi connectivity index (χ1) is 6.69. The van der Waals surface area contributed by atoms with Gasteiger partial charge in [0.25, 0.3) is 0 Å². The normalized spacial score (nSPS) is 23.6. The first-order valence-corrected chi connectivity index (χ1v) is 5.31. The molecule has 4 heteroatoms. The predicted molar refractivity (Wildman–Crippen MR) is 55.3 cm³/mol. The number of amides is 1. The number of hydrogen-bond acceptors (Lipinski definition) is 3. The van der Waals surface area contributed by atoms with Gasteiger partial charge in [-0.1, -0.05) is 6.92 Å². The van der Waals surface area contributed by atoms with Gasteiger partial charge >= 0.3 is 6.09 Å². The monoisotopic (exact) mass is 200 g/mol. The highest BCUT2D eigenvalue weighted by atomic mass is 16.6. The molecular weight excluding hydrogens is 180 g/mol. The van der Waals surface area contributed by atoms with Crippen molar-refractivity contribution < 1.29 is 9.53 Å². The summed E-state index contributed by atoms with van der Waals surface area (Å²) in [5, 5.41) is 0. The van der Waals surface area contributed by atoms with Crippen LogP contribution in [-0.2, 0) is 4.74 Å². The second-order valence-electron chi connectivity index (χ2n) is 3.69. The van der Waals surface area contributed by atoms with Crippen molar-refractivity contribution in [2.24, 2.45) is 0 Å². The van der Waals surface area contributed by atoms with Crippen molar-refractivity contribution >= 4 is 6.09 Å². The second kappa shape index (κ2) is 5.20. The summed E-state index contributed by atoms with van der Waals surface area (Å²) in [6, 6.07) is 0.480. The SMILES string of the molecule is CCOC(=O)N1CCN(C)C(CC)C1. The molecule has 14 heavy (non-hydrogen) atoms. The van der Waals surface area contributed by atoms with Crippen molar-refractivity contribution in [2.75, 3.05) is 33.3 Å². The van der Waals surface area contributed by atoms with Crippen LogP contribution in [0.15, 0.2) is 0 Å². The van der Waals surface area contributed by atoms with Crippen LogP contribution in [-0.4, -0.2) is 55.2 Å². The van der Waals surface area contributed by atoms with Crippen molar-refractivity contribution in [1.29, 1.82) is 0 Å². The van der Waals surface area contributed by atoms with E-state index in [1.54, 1.807) is 4.90 Å². The van der Waals surface area contributed by atoms with Gasteiger partial charge in [-0.3, -0.25) is 4.90 Å². The third-order valence-electron chi connectivity index (χ3n) is 2.77. The Kier molecular flexibility index (Phi) is 4.20. The largest absolute Gasteiger partial charge is 0.450 e. The third-order valence-corrected chi connectivity index (χ3v) is 2.77. The Morgan fingerprint density at radius 1 is 1.43 bits per heavy atom. The van der Waals surface area contributed by atoms with Gasteiger partial charge in [-0.25, -0.2) is 4.79 Å². The van der Waals surface area contributed by atoms with Crippen LogP contribution in [0.1, 0.15) is 20.3 Å². The second-order valence-corrected chi connectivity index (χ2v) is 3.69. The molecule has 4 nitrogen and oxygen atoms in total. The van der Waals surface area contributed by atoms with E-state index in [-0.39, 0.29) is 6.09 Å². The number of piperazine rings is 1. The summed E-state index contributed by atoms with van der Waals surface area (Å²) in [4.78, 5) is 15.6. The van der Waals surface area contributed by atoms with Gasteiger partial charge in [0.1, 0.15) is 0 Å². The topological polar surface area (TPSA) is 32.8 Å². The van der Waals surface area contributed by atoms with Crippen molar-refractivity contribution in [2.45, 2.75) is 26.3 Å². The average molecular weight is 200 g/mol. The molecule has 0 saturated carbocycles. The molecule has 0 radical (unpaired) electrons. The molecule has 0 aromatic carbocycles. The van der Waals surface area contributed by atoms with E-state index in [0.29, 0.717) is 12.6 Å². The van der Waals surface area contributed by atoms with Gasteiger partial charge in [0.15, 0.2) is 0 Å².